The molecule has 0 aliphatic heterocycles. The fourth-order valence-corrected chi connectivity index (χ4v) is 4.33. The number of ether oxygens (including phenoxy) is 2. The number of hydrogen-bond donors (Lipinski definition) is 3. The van der Waals surface area contributed by atoms with E-state index >= 15 is 0 Å². The number of aliphatic hydroxyl groups excluding tert-OH is 1. The predicted molar refractivity (Wildman–Crippen MR) is 117 cm³/mol. The van der Waals surface area contributed by atoms with Crippen molar-refractivity contribution in [3.05, 3.63) is 36.7 Å². The predicted octanol–water partition coefficient (Wildman–Crippen LogP) is 3.15. The molecule has 10 heteroatoms. The van der Waals surface area contributed by atoms with Crippen LogP contribution < -0.4 is 10.1 Å². The number of aromatic nitrogens is 5. The average Bonchev–Trinajstić information content (AvgIpc) is 3.41. The van der Waals surface area contributed by atoms with Crippen LogP contribution in [0, 0.1) is 5.95 Å². The number of rotatable bonds is 7. The molecule has 0 spiro atoms. The van der Waals surface area contributed by atoms with Crippen molar-refractivity contribution < 1.29 is 19.0 Å². The van der Waals surface area contributed by atoms with Crippen LogP contribution >= 0.6 is 0 Å². The zero-order valence-electron chi connectivity index (χ0n) is 17.7. The molecule has 0 amide bonds. The lowest BCUT2D eigenvalue weighted by Crippen LogP contribution is -2.30. The molecule has 0 saturated heterocycles. The van der Waals surface area contributed by atoms with E-state index in [1.54, 1.807) is 19.4 Å². The number of H-pyrrole nitrogens is 1. The van der Waals surface area contributed by atoms with Gasteiger partial charge in [0.25, 0.3) is 0 Å². The van der Waals surface area contributed by atoms with E-state index in [1.807, 2.05) is 12.3 Å². The number of nitrogens with zero attached hydrogens (tertiary/aromatic N) is 4. The highest BCUT2D eigenvalue weighted by molar-refractivity contribution is 5.97. The lowest BCUT2D eigenvalue weighted by atomic mass is 9.93. The van der Waals surface area contributed by atoms with Crippen molar-refractivity contribution in [3.8, 4) is 17.0 Å². The van der Waals surface area contributed by atoms with Gasteiger partial charge in [-0.15, -0.1) is 0 Å². The maximum Gasteiger partial charge on any atom is 0.228 e. The summed E-state index contributed by atoms with van der Waals surface area (Å²) in [4.78, 5) is 16.5. The van der Waals surface area contributed by atoms with Gasteiger partial charge in [-0.3, -0.25) is 4.40 Å². The lowest BCUT2D eigenvalue weighted by molar-refractivity contribution is 0.00719. The van der Waals surface area contributed by atoms with E-state index in [2.05, 4.69) is 25.3 Å². The number of pyridine rings is 1. The molecule has 168 valence electrons. The van der Waals surface area contributed by atoms with E-state index in [9.17, 15) is 4.39 Å². The molecule has 32 heavy (non-hydrogen) atoms. The minimum atomic E-state index is -0.423. The molecule has 1 saturated carbocycles. The highest BCUT2D eigenvalue weighted by Crippen LogP contribution is 2.35. The van der Waals surface area contributed by atoms with Crippen molar-refractivity contribution >= 4 is 22.6 Å². The number of fused-ring (bicyclic) bond motifs is 2. The average molecular weight is 440 g/mol. The normalized spacial score (nSPS) is 19.0. The van der Waals surface area contributed by atoms with Gasteiger partial charge in [0.1, 0.15) is 11.3 Å². The monoisotopic (exact) mass is 440 g/mol. The van der Waals surface area contributed by atoms with E-state index in [0.29, 0.717) is 29.7 Å². The summed E-state index contributed by atoms with van der Waals surface area (Å²) in [6.07, 6.45) is 8.64. The van der Waals surface area contributed by atoms with Crippen molar-refractivity contribution in [2.45, 2.75) is 37.8 Å². The number of anilines is 1. The number of aliphatic hydroxyl groups is 1. The van der Waals surface area contributed by atoms with Crippen LogP contribution in [0.4, 0.5) is 10.3 Å². The van der Waals surface area contributed by atoms with Gasteiger partial charge in [-0.25, -0.2) is 4.98 Å². The molecule has 0 unspecified atom stereocenters. The van der Waals surface area contributed by atoms with E-state index in [-0.39, 0.29) is 18.8 Å². The second-order valence-corrected chi connectivity index (χ2v) is 7.92. The van der Waals surface area contributed by atoms with Gasteiger partial charge >= 0.3 is 0 Å². The molecule has 0 bridgehead atoms. The van der Waals surface area contributed by atoms with E-state index in [4.69, 9.17) is 14.6 Å². The summed E-state index contributed by atoms with van der Waals surface area (Å²) >= 11 is 0. The van der Waals surface area contributed by atoms with Crippen molar-refractivity contribution in [2.24, 2.45) is 0 Å². The quantitative estimate of drug-likeness (QED) is 0.405. The van der Waals surface area contributed by atoms with Gasteiger partial charge < -0.3 is 24.9 Å². The maximum atomic E-state index is 14.0. The summed E-state index contributed by atoms with van der Waals surface area (Å²) in [7, 11) is 1.57. The van der Waals surface area contributed by atoms with Crippen LogP contribution in [-0.2, 0) is 4.74 Å². The Bertz CT molecular complexity index is 1230. The zero-order valence-corrected chi connectivity index (χ0v) is 17.7. The first-order chi connectivity index (χ1) is 15.7. The van der Waals surface area contributed by atoms with Crippen molar-refractivity contribution in [1.29, 1.82) is 0 Å². The van der Waals surface area contributed by atoms with Crippen LogP contribution in [-0.4, -0.2) is 61.9 Å². The lowest BCUT2D eigenvalue weighted by Gasteiger charge is -2.29. The molecule has 5 rings (SSSR count). The van der Waals surface area contributed by atoms with E-state index in [0.717, 1.165) is 42.2 Å². The van der Waals surface area contributed by atoms with Crippen molar-refractivity contribution in [1.82, 2.24) is 24.3 Å². The first kappa shape index (κ1) is 20.7. The van der Waals surface area contributed by atoms with Gasteiger partial charge in [-0.1, -0.05) is 0 Å². The fraction of sp³-hybridized carbons (Fsp3) is 0.409. The minimum Gasteiger partial charge on any atom is -0.480 e. The highest BCUT2D eigenvalue weighted by Gasteiger charge is 2.23. The van der Waals surface area contributed by atoms with Crippen molar-refractivity contribution in [3.63, 3.8) is 0 Å². The summed E-state index contributed by atoms with van der Waals surface area (Å²) in [6, 6.07) is 3.89. The van der Waals surface area contributed by atoms with Gasteiger partial charge in [0.2, 0.25) is 17.8 Å². The van der Waals surface area contributed by atoms with E-state index < -0.39 is 5.95 Å². The molecule has 4 aromatic heterocycles. The largest absolute Gasteiger partial charge is 0.480 e. The number of methoxy groups -OCH3 is 1. The molecule has 3 N–H and O–H groups in total. The van der Waals surface area contributed by atoms with Crippen LogP contribution in [0.25, 0.3) is 27.8 Å². The first-order valence-electron chi connectivity index (χ1n) is 10.7. The summed E-state index contributed by atoms with van der Waals surface area (Å²) in [5.41, 5.74) is 2.79. The Labute approximate surface area is 183 Å². The number of halogens is 1. The SMILES string of the molecule is COc1nc(N[C@H]2CC[C@@H](OCCO)CC2)nc2[nH]cc(-c3ccc4ncc(F)n4c3)c12. The zero-order chi connectivity index (χ0) is 22.1. The smallest absolute Gasteiger partial charge is 0.228 e. The van der Waals surface area contributed by atoms with Gasteiger partial charge in [0, 0.05) is 29.6 Å². The summed E-state index contributed by atoms with van der Waals surface area (Å²) in [5.74, 6) is 0.520. The molecule has 4 aromatic rings. The van der Waals surface area contributed by atoms with Gasteiger partial charge in [-0.05, 0) is 37.8 Å². The molecule has 0 atom stereocenters. The Hall–Kier alpha value is -3.24. The molecule has 9 nitrogen and oxygen atoms in total. The molecular formula is C22H25FN6O3. The topological polar surface area (TPSA) is 110 Å². The van der Waals surface area contributed by atoms with Crippen LogP contribution in [0.3, 0.4) is 0 Å². The Kier molecular flexibility index (Phi) is 5.62. The number of nitrogens with one attached hydrogen (secondary N) is 2. The van der Waals surface area contributed by atoms with Crippen molar-refractivity contribution in [2.75, 3.05) is 25.6 Å². The van der Waals surface area contributed by atoms with E-state index in [1.165, 1.54) is 10.6 Å². The van der Waals surface area contributed by atoms with Crippen LogP contribution in [0.2, 0.25) is 0 Å². The summed E-state index contributed by atoms with van der Waals surface area (Å²) < 4.78 is 26.6. The Morgan fingerprint density at radius 3 is 2.88 bits per heavy atom. The van der Waals surface area contributed by atoms with Crippen LogP contribution in [0.15, 0.2) is 30.7 Å². The Morgan fingerprint density at radius 2 is 2.09 bits per heavy atom. The molecule has 1 aliphatic carbocycles. The third-order valence-corrected chi connectivity index (χ3v) is 5.92. The number of aromatic amines is 1. The molecular weight excluding hydrogens is 415 g/mol. The maximum absolute atomic E-state index is 14.0. The van der Waals surface area contributed by atoms with Gasteiger partial charge in [-0.2, -0.15) is 14.4 Å². The number of imidazole rings is 1. The fourth-order valence-electron chi connectivity index (χ4n) is 4.33. The standard InChI is InChI=1S/C22H25FN6O3/c1-31-21-19-16(13-2-7-18-24-11-17(23)29(18)12-13)10-25-20(19)27-22(28-21)26-14-3-5-15(6-4-14)32-9-8-30/h2,7,10-12,14-15,30H,3-6,8-9H2,1H3,(H2,25,26,27,28)/t14-,15+. The molecule has 1 aliphatic rings. The van der Waals surface area contributed by atoms with Gasteiger partial charge in [0.15, 0.2) is 0 Å². The molecule has 0 radical (unpaired) electrons. The molecule has 0 aromatic carbocycles. The second kappa shape index (κ2) is 8.71. The molecule has 4 heterocycles. The van der Waals surface area contributed by atoms with Crippen LogP contribution in [0.5, 0.6) is 5.88 Å². The first-order valence-corrected chi connectivity index (χ1v) is 10.7. The second-order valence-electron chi connectivity index (χ2n) is 7.92. The third-order valence-electron chi connectivity index (χ3n) is 5.92. The summed E-state index contributed by atoms with van der Waals surface area (Å²) in [6.45, 7) is 0.435. The Balaban J connectivity index is 1.40. The molecule has 1 fully saturated rings. The minimum absolute atomic E-state index is 0.0507. The highest BCUT2D eigenvalue weighted by atomic mass is 19.1. The Morgan fingerprint density at radius 1 is 1.25 bits per heavy atom. The van der Waals surface area contributed by atoms with Gasteiger partial charge in [0.05, 0.1) is 38.0 Å². The van der Waals surface area contributed by atoms with Crippen LogP contribution in [0.1, 0.15) is 25.7 Å². The summed E-state index contributed by atoms with van der Waals surface area (Å²) in [5, 5.41) is 13.1. The third kappa shape index (κ3) is 3.87. The number of hydrogen-bond acceptors (Lipinski definition) is 7.